The highest BCUT2D eigenvalue weighted by Crippen LogP contribution is 2.02. The van der Waals surface area contributed by atoms with E-state index in [4.69, 9.17) is 0 Å². The summed E-state index contributed by atoms with van der Waals surface area (Å²) in [7, 11) is 0. The predicted octanol–water partition coefficient (Wildman–Crippen LogP) is 1.73. The Morgan fingerprint density at radius 1 is 1.29 bits per heavy atom. The maximum atomic E-state index is 11.4. The molecule has 1 atom stereocenters. The van der Waals surface area contributed by atoms with E-state index in [2.05, 4.69) is 29.7 Å². The van der Waals surface area contributed by atoms with Gasteiger partial charge in [0.25, 0.3) is 0 Å². The molecule has 0 spiro atoms. The second-order valence-corrected chi connectivity index (χ2v) is 4.32. The lowest BCUT2D eigenvalue weighted by molar-refractivity contribution is -0.120. The van der Waals surface area contributed by atoms with Crippen LogP contribution in [0.4, 0.5) is 0 Å². The number of rotatable bonds is 7. The molecule has 2 N–H and O–H groups in total. The molecule has 0 fully saturated rings. The first kappa shape index (κ1) is 13.7. The van der Waals surface area contributed by atoms with E-state index in [9.17, 15) is 4.79 Å². The van der Waals surface area contributed by atoms with Crippen molar-refractivity contribution in [2.45, 2.75) is 32.7 Å². The van der Waals surface area contributed by atoms with Gasteiger partial charge in [-0.2, -0.15) is 0 Å². The summed E-state index contributed by atoms with van der Waals surface area (Å²) >= 11 is 0. The van der Waals surface area contributed by atoms with Crippen LogP contribution in [0.1, 0.15) is 25.8 Å². The fourth-order valence-corrected chi connectivity index (χ4v) is 1.63. The largest absolute Gasteiger partial charge is 0.355 e. The van der Waals surface area contributed by atoms with Crippen LogP contribution in [-0.4, -0.2) is 25.0 Å². The number of benzene rings is 1. The van der Waals surface area contributed by atoms with Gasteiger partial charge in [-0.05, 0) is 25.3 Å². The van der Waals surface area contributed by atoms with Crippen molar-refractivity contribution in [3.05, 3.63) is 35.9 Å². The minimum absolute atomic E-state index is 0.0757. The van der Waals surface area contributed by atoms with Crippen molar-refractivity contribution in [1.29, 1.82) is 0 Å². The summed E-state index contributed by atoms with van der Waals surface area (Å²) in [6.45, 7) is 5.30. The molecule has 0 aromatic heterocycles. The number of carbonyl (C=O) groups excluding carboxylic acids is 1. The Morgan fingerprint density at radius 3 is 2.65 bits per heavy atom. The summed E-state index contributed by atoms with van der Waals surface area (Å²) in [6.07, 6.45) is 1.92. The maximum absolute atomic E-state index is 11.4. The van der Waals surface area contributed by atoms with E-state index in [1.807, 2.05) is 25.1 Å². The molecule has 0 radical (unpaired) electrons. The Bertz CT molecular complexity index is 324. The summed E-state index contributed by atoms with van der Waals surface area (Å²) in [5.74, 6) is 0.0757. The highest BCUT2D eigenvalue weighted by molar-refractivity contribution is 5.77. The fraction of sp³-hybridized carbons (Fsp3) is 0.500. The van der Waals surface area contributed by atoms with Crippen LogP contribution >= 0.6 is 0 Å². The minimum atomic E-state index is 0.0757. The van der Waals surface area contributed by atoms with Crippen LogP contribution in [0.25, 0.3) is 0 Å². The SMILES string of the molecule is CCCNC(=O)CNC(C)Cc1ccccc1. The van der Waals surface area contributed by atoms with Crippen LogP contribution in [0.5, 0.6) is 0 Å². The van der Waals surface area contributed by atoms with Crippen LogP contribution in [-0.2, 0) is 11.2 Å². The Hall–Kier alpha value is -1.35. The number of nitrogens with one attached hydrogen (secondary N) is 2. The molecule has 0 heterocycles. The van der Waals surface area contributed by atoms with Crippen molar-refractivity contribution in [2.24, 2.45) is 0 Å². The lowest BCUT2D eigenvalue weighted by Gasteiger charge is -2.13. The molecule has 1 amide bonds. The molecule has 0 bridgehead atoms. The van der Waals surface area contributed by atoms with Crippen LogP contribution in [0.3, 0.4) is 0 Å². The molecule has 1 aromatic carbocycles. The quantitative estimate of drug-likeness (QED) is 0.754. The van der Waals surface area contributed by atoms with Gasteiger partial charge in [-0.15, -0.1) is 0 Å². The van der Waals surface area contributed by atoms with Gasteiger partial charge in [-0.3, -0.25) is 4.79 Å². The molecule has 0 saturated heterocycles. The average Bonchev–Trinajstić information content (AvgIpc) is 2.35. The first-order valence-corrected chi connectivity index (χ1v) is 6.26. The van der Waals surface area contributed by atoms with Gasteiger partial charge in [0, 0.05) is 12.6 Å². The Kier molecular flexibility index (Phi) is 6.33. The summed E-state index contributed by atoms with van der Waals surface area (Å²) in [5.41, 5.74) is 1.29. The van der Waals surface area contributed by atoms with Crippen molar-refractivity contribution in [1.82, 2.24) is 10.6 Å². The van der Waals surface area contributed by atoms with E-state index in [1.54, 1.807) is 0 Å². The zero-order valence-corrected chi connectivity index (χ0v) is 10.7. The van der Waals surface area contributed by atoms with Crippen molar-refractivity contribution in [2.75, 3.05) is 13.1 Å². The van der Waals surface area contributed by atoms with E-state index in [1.165, 1.54) is 5.56 Å². The fourth-order valence-electron chi connectivity index (χ4n) is 1.63. The summed E-state index contributed by atoms with van der Waals surface area (Å²) in [6, 6.07) is 10.6. The lowest BCUT2D eigenvalue weighted by atomic mass is 10.1. The zero-order chi connectivity index (χ0) is 12.5. The predicted molar refractivity (Wildman–Crippen MR) is 70.9 cm³/mol. The van der Waals surface area contributed by atoms with E-state index in [-0.39, 0.29) is 5.91 Å². The van der Waals surface area contributed by atoms with Gasteiger partial charge >= 0.3 is 0 Å². The molecule has 94 valence electrons. The van der Waals surface area contributed by atoms with Crippen molar-refractivity contribution in [3.63, 3.8) is 0 Å². The molecule has 17 heavy (non-hydrogen) atoms. The third-order valence-electron chi connectivity index (χ3n) is 2.57. The second-order valence-electron chi connectivity index (χ2n) is 4.32. The normalized spacial score (nSPS) is 12.1. The number of hydrogen-bond acceptors (Lipinski definition) is 2. The molecule has 1 rings (SSSR count). The van der Waals surface area contributed by atoms with Crippen molar-refractivity contribution >= 4 is 5.91 Å². The van der Waals surface area contributed by atoms with Crippen molar-refractivity contribution in [3.8, 4) is 0 Å². The number of amides is 1. The minimum Gasteiger partial charge on any atom is -0.355 e. The third kappa shape index (κ3) is 6.07. The molecular weight excluding hydrogens is 212 g/mol. The molecule has 3 nitrogen and oxygen atoms in total. The van der Waals surface area contributed by atoms with Gasteiger partial charge in [-0.1, -0.05) is 37.3 Å². The second kappa shape index (κ2) is 7.85. The zero-order valence-electron chi connectivity index (χ0n) is 10.7. The van der Waals surface area contributed by atoms with Crippen LogP contribution in [0.15, 0.2) is 30.3 Å². The van der Waals surface area contributed by atoms with Crippen molar-refractivity contribution < 1.29 is 4.79 Å². The molecule has 0 aliphatic heterocycles. The summed E-state index contributed by atoms with van der Waals surface area (Å²) in [5, 5.41) is 6.08. The highest BCUT2D eigenvalue weighted by Gasteiger charge is 2.05. The smallest absolute Gasteiger partial charge is 0.233 e. The van der Waals surface area contributed by atoms with Crippen LogP contribution in [0.2, 0.25) is 0 Å². The van der Waals surface area contributed by atoms with Gasteiger partial charge in [0.05, 0.1) is 6.54 Å². The molecule has 1 aromatic rings. The van der Waals surface area contributed by atoms with Gasteiger partial charge in [0.15, 0.2) is 0 Å². The van der Waals surface area contributed by atoms with Gasteiger partial charge in [0.1, 0.15) is 0 Å². The van der Waals surface area contributed by atoms with E-state index < -0.39 is 0 Å². The van der Waals surface area contributed by atoms with Gasteiger partial charge < -0.3 is 10.6 Å². The standard InChI is InChI=1S/C14H22N2O/c1-3-9-15-14(17)11-16-12(2)10-13-7-5-4-6-8-13/h4-8,12,16H,3,9-11H2,1-2H3,(H,15,17). The molecule has 0 aliphatic rings. The number of hydrogen-bond donors (Lipinski definition) is 2. The molecular formula is C14H22N2O. The lowest BCUT2D eigenvalue weighted by Crippen LogP contribution is -2.39. The maximum Gasteiger partial charge on any atom is 0.233 e. The highest BCUT2D eigenvalue weighted by atomic mass is 16.1. The van der Waals surface area contributed by atoms with Gasteiger partial charge in [-0.25, -0.2) is 0 Å². The van der Waals surface area contributed by atoms with E-state index in [0.717, 1.165) is 19.4 Å². The summed E-state index contributed by atoms with van der Waals surface area (Å²) < 4.78 is 0. The molecule has 3 heteroatoms. The molecule has 0 saturated carbocycles. The molecule has 1 unspecified atom stereocenters. The monoisotopic (exact) mass is 234 g/mol. The topological polar surface area (TPSA) is 41.1 Å². The third-order valence-corrected chi connectivity index (χ3v) is 2.57. The first-order valence-electron chi connectivity index (χ1n) is 6.26. The van der Waals surface area contributed by atoms with Crippen LogP contribution in [0, 0.1) is 0 Å². The first-order chi connectivity index (χ1) is 8.22. The Labute approximate surface area is 104 Å². The average molecular weight is 234 g/mol. The Balaban J connectivity index is 2.21. The van der Waals surface area contributed by atoms with Crippen LogP contribution < -0.4 is 10.6 Å². The summed E-state index contributed by atoms with van der Waals surface area (Å²) in [4.78, 5) is 11.4. The molecule has 0 aliphatic carbocycles. The Morgan fingerprint density at radius 2 is 2.00 bits per heavy atom. The van der Waals surface area contributed by atoms with E-state index >= 15 is 0 Å². The van der Waals surface area contributed by atoms with E-state index in [0.29, 0.717) is 12.6 Å². The van der Waals surface area contributed by atoms with Gasteiger partial charge in [0.2, 0.25) is 5.91 Å². The number of carbonyl (C=O) groups is 1.